The Hall–Kier alpha value is -1.55. The summed E-state index contributed by atoms with van der Waals surface area (Å²) < 4.78 is 0. The van der Waals surface area contributed by atoms with E-state index in [9.17, 15) is 14.7 Å². The summed E-state index contributed by atoms with van der Waals surface area (Å²) in [5, 5.41) is 8.73. The number of anilines is 1. The van der Waals surface area contributed by atoms with Crippen molar-refractivity contribution in [3.8, 4) is 0 Å². The van der Waals surface area contributed by atoms with E-state index in [4.69, 9.17) is 11.6 Å². The quantitative estimate of drug-likeness (QED) is 0.681. The first kappa shape index (κ1) is 15.5. The average molecular weight is 284 g/mol. The van der Waals surface area contributed by atoms with Crippen LogP contribution in [0.3, 0.4) is 0 Å². The average Bonchev–Trinajstić information content (AvgIpc) is 2.26. The number of aldehydes is 1. The number of amides is 1. The maximum absolute atomic E-state index is 11.4. The molecule has 0 aliphatic carbocycles. The molecule has 1 atom stereocenters. The molecule has 0 radical (unpaired) electrons. The van der Waals surface area contributed by atoms with E-state index in [-0.39, 0.29) is 0 Å². The van der Waals surface area contributed by atoms with Crippen molar-refractivity contribution in [1.29, 1.82) is 0 Å². The second-order valence-electron chi connectivity index (χ2n) is 5.31. The van der Waals surface area contributed by atoms with Crippen LogP contribution in [0.1, 0.15) is 26.3 Å². The molecule has 0 saturated carbocycles. The highest BCUT2D eigenvalue weighted by Gasteiger charge is 2.27. The molecule has 4 nitrogen and oxygen atoms in total. The summed E-state index contributed by atoms with van der Waals surface area (Å²) in [7, 11) is 0. The highest BCUT2D eigenvalue weighted by atomic mass is 35.5. The Morgan fingerprint density at radius 3 is 2.58 bits per heavy atom. The number of carboxylic acid groups (broad SMARTS) is 1. The van der Waals surface area contributed by atoms with Crippen LogP contribution >= 0.6 is 11.6 Å². The zero-order chi connectivity index (χ0) is 14.6. The van der Waals surface area contributed by atoms with Crippen LogP contribution in [0.4, 0.5) is 10.5 Å². The second kappa shape index (κ2) is 6.06. The first-order chi connectivity index (χ1) is 8.75. The molecule has 0 heterocycles. The minimum atomic E-state index is -1.01. The minimum absolute atomic E-state index is 0.385. The lowest BCUT2D eigenvalue weighted by Gasteiger charge is -2.33. The van der Waals surface area contributed by atoms with Crippen LogP contribution in [0, 0.1) is 0 Å². The molecule has 19 heavy (non-hydrogen) atoms. The molecular formula is C14H18ClNO3. The number of hydrogen-bond donors (Lipinski definition) is 1. The van der Waals surface area contributed by atoms with Gasteiger partial charge in [0.15, 0.2) is 0 Å². The maximum Gasteiger partial charge on any atom is 0.412 e. The van der Waals surface area contributed by atoms with Crippen molar-refractivity contribution in [2.75, 3.05) is 4.90 Å². The van der Waals surface area contributed by atoms with E-state index in [0.29, 0.717) is 18.4 Å². The van der Waals surface area contributed by atoms with E-state index < -0.39 is 17.0 Å². The molecule has 5 heteroatoms. The van der Waals surface area contributed by atoms with Gasteiger partial charge in [-0.25, -0.2) is 4.79 Å². The molecule has 1 aromatic rings. The van der Waals surface area contributed by atoms with Crippen molar-refractivity contribution in [3.05, 3.63) is 29.8 Å². The number of rotatable bonds is 4. The predicted octanol–water partition coefficient (Wildman–Crippen LogP) is 3.32. The molecule has 1 N–H and O–H groups in total. The van der Waals surface area contributed by atoms with Crippen LogP contribution in [0.15, 0.2) is 24.3 Å². The number of carbonyl (C=O) groups is 2. The van der Waals surface area contributed by atoms with E-state index in [1.807, 2.05) is 26.8 Å². The van der Waals surface area contributed by atoms with Crippen molar-refractivity contribution in [2.24, 2.45) is 0 Å². The third-order valence-corrected chi connectivity index (χ3v) is 2.87. The smallest absolute Gasteiger partial charge is 0.412 e. The Kier molecular flexibility index (Phi) is 4.95. The van der Waals surface area contributed by atoms with Gasteiger partial charge in [-0.15, -0.1) is 11.6 Å². The van der Waals surface area contributed by atoms with Crippen LogP contribution in [-0.4, -0.2) is 28.4 Å². The Balaban J connectivity index is 3.09. The van der Waals surface area contributed by atoms with Gasteiger partial charge < -0.3 is 9.90 Å². The van der Waals surface area contributed by atoms with Gasteiger partial charge in [0, 0.05) is 11.2 Å². The van der Waals surface area contributed by atoms with Gasteiger partial charge in [-0.3, -0.25) is 4.90 Å². The summed E-state index contributed by atoms with van der Waals surface area (Å²) in [6.45, 7) is 5.47. The van der Waals surface area contributed by atoms with E-state index in [1.165, 1.54) is 4.90 Å². The monoisotopic (exact) mass is 283 g/mol. The Morgan fingerprint density at radius 2 is 2.11 bits per heavy atom. The largest absolute Gasteiger partial charge is 0.465 e. The van der Waals surface area contributed by atoms with E-state index in [2.05, 4.69) is 0 Å². The summed E-state index contributed by atoms with van der Waals surface area (Å²) in [5.41, 5.74) is 0.863. The van der Waals surface area contributed by atoms with Gasteiger partial charge in [0.25, 0.3) is 0 Å². The zero-order valence-electron chi connectivity index (χ0n) is 11.3. The Morgan fingerprint density at radius 1 is 1.47 bits per heavy atom. The molecule has 104 valence electrons. The number of benzene rings is 1. The molecular weight excluding hydrogens is 266 g/mol. The van der Waals surface area contributed by atoms with E-state index in [1.54, 1.807) is 18.2 Å². The van der Waals surface area contributed by atoms with Gasteiger partial charge >= 0.3 is 6.09 Å². The van der Waals surface area contributed by atoms with Crippen LogP contribution in [0.2, 0.25) is 0 Å². The molecule has 0 fully saturated rings. The highest BCUT2D eigenvalue weighted by molar-refractivity contribution is 6.27. The summed E-state index contributed by atoms with van der Waals surface area (Å²) in [6.07, 6.45) is 0.0474. The van der Waals surface area contributed by atoms with Crippen molar-refractivity contribution < 1.29 is 14.7 Å². The summed E-state index contributed by atoms with van der Waals surface area (Å²) in [4.78, 5) is 23.2. The van der Waals surface area contributed by atoms with Gasteiger partial charge in [0.1, 0.15) is 6.29 Å². The summed E-state index contributed by atoms with van der Waals surface area (Å²) >= 11 is 5.79. The lowest BCUT2D eigenvalue weighted by molar-refractivity contribution is -0.107. The standard InChI is InChI=1S/C14H18ClNO3/c1-14(2,3)16(13(18)19)12-6-4-5-10(8-12)7-11(15)9-17/h4-6,8-9,11H,7H2,1-3H3,(H,18,19). The molecule has 0 saturated heterocycles. The fourth-order valence-corrected chi connectivity index (χ4v) is 2.06. The molecule has 1 amide bonds. The van der Waals surface area contributed by atoms with E-state index >= 15 is 0 Å². The van der Waals surface area contributed by atoms with Gasteiger partial charge in [-0.05, 0) is 44.9 Å². The number of nitrogens with zero attached hydrogens (tertiary/aromatic N) is 1. The molecule has 0 aromatic heterocycles. The molecule has 0 aliphatic rings. The predicted molar refractivity (Wildman–Crippen MR) is 76.1 cm³/mol. The van der Waals surface area contributed by atoms with Crippen LogP contribution in [-0.2, 0) is 11.2 Å². The van der Waals surface area contributed by atoms with Gasteiger partial charge in [0.05, 0.1) is 5.38 Å². The molecule has 1 unspecified atom stereocenters. The molecule has 0 bridgehead atoms. The summed E-state index contributed by atoms with van der Waals surface area (Å²) in [6, 6.07) is 7.07. The molecule has 1 aromatic carbocycles. The minimum Gasteiger partial charge on any atom is -0.465 e. The normalized spacial score (nSPS) is 12.8. The third-order valence-electron chi connectivity index (χ3n) is 2.61. The van der Waals surface area contributed by atoms with Gasteiger partial charge in [-0.1, -0.05) is 12.1 Å². The number of hydrogen-bond acceptors (Lipinski definition) is 2. The number of halogens is 1. The molecule has 1 rings (SSSR count). The van der Waals surface area contributed by atoms with Crippen molar-refractivity contribution >= 4 is 29.7 Å². The Bertz CT molecular complexity index is 468. The summed E-state index contributed by atoms with van der Waals surface area (Å²) in [5.74, 6) is 0. The lowest BCUT2D eigenvalue weighted by Crippen LogP contribution is -2.45. The number of carbonyl (C=O) groups excluding carboxylic acids is 1. The zero-order valence-corrected chi connectivity index (χ0v) is 12.0. The molecule has 0 spiro atoms. The van der Waals surface area contributed by atoms with Gasteiger partial charge in [0.2, 0.25) is 0 Å². The van der Waals surface area contributed by atoms with Crippen LogP contribution < -0.4 is 4.90 Å². The fourth-order valence-electron chi connectivity index (χ4n) is 1.88. The second-order valence-corrected chi connectivity index (χ2v) is 5.88. The van der Waals surface area contributed by atoms with Crippen molar-refractivity contribution in [3.63, 3.8) is 0 Å². The maximum atomic E-state index is 11.4. The number of alkyl halides is 1. The first-order valence-corrected chi connectivity index (χ1v) is 6.41. The topological polar surface area (TPSA) is 57.6 Å². The van der Waals surface area contributed by atoms with Crippen molar-refractivity contribution in [2.45, 2.75) is 38.1 Å². The molecule has 0 aliphatic heterocycles. The van der Waals surface area contributed by atoms with Gasteiger partial charge in [-0.2, -0.15) is 0 Å². The first-order valence-electron chi connectivity index (χ1n) is 5.97. The van der Waals surface area contributed by atoms with Crippen LogP contribution in [0.5, 0.6) is 0 Å². The lowest BCUT2D eigenvalue weighted by atomic mass is 10.0. The third kappa shape index (κ3) is 4.24. The Labute approximate surface area is 118 Å². The van der Waals surface area contributed by atoms with Crippen molar-refractivity contribution in [1.82, 2.24) is 0 Å². The highest BCUT2D eigenvalue weighted by Crippen LogP contribution is 2.25. The fraction of sp³-hybridized carbons (Fsp3) is 0.429. The van der Waals surface area contributed by atoms with E-state index in [0.717, 1.165) is 5.56 Å². The SMILES string of the molecule is CC(C)(C)N(C(=O)O)c1cccc(CC(Cl)C=O)c1. The van der Waals surface area contributed by atoms with Crippen LogP contribution in [0.25, 0.3) is 0 Å².